The van der Waals surface area contributed by atoms with Crippen LogP contribution in [0.5, 0.6) is 11.5 Å². The van der Waals surface area contributed by atoms with Gasteiger partial charge >= 0.3 is 12.2 Å². The Morgan fingerprint density at radius 2 is 1.82 bits per heavy atom. The first-order valence-corrected chi connectivity index (χ1v) is 9.56. The Bertz CT molecular complexity index is 1140. The molecule has 12 heteroatoms. The highest BCUT2D eigenvalue weighted by Gasteiger charge is 2.33. The highest BCUT2D eigenvalue weighted by atomic mass is 35.5. The van der Waals surface area contributed by atoms with Crippen molar-refractivity contribution >= 4 is 29.0 Å². The van der Waals surface area contributed by atoms with Gasteiger partial charge in [0.2, 0.25) is 0 Å². The molecule has 2 aromatic carbocycles. The van der Waals surface area contributed by atoms with E-state index in [0.29, 0.717) is 17.5 Å². The van der Waals surface area contributed by atoms with Crippen molar-refractivity contribution in [1.29, 1.82) is 0 Å². The highest BCUT2D eigenvalue weighted by Crippen LogP contribution is 2.36. The minimum Gasteiger partial charge on any atom is -0.457 e. The molecule has 1 heterocycles. The van der Waals surface area contributed by atoms with Crippen LogP contribution in [0.4, 0.5) is 33.7 Å². The van der Waals surface area contributed by atoms with Gasteiger partial charge in [-0.2, -0.15) is 13.2 Å². The molecule has 3 rings (SSSR count). The zero-order valence-electron chi connectivity index (χ0n) is 16.9. The minimum atomic E-state index is -4.69. The van der Waals surface area contributed by atoms with Gasteiger partial charge in [-0.05, 0) is 36.4 Å². The Hall–Kier alpha value is -3.41. The van der Waals surface area contributed by atoms with E-state index in [1.807, 2.05) is 0 Å². The summed E-state index contributed by atoms with van der Waals surface area (Å²) in [5, 5.41) is 3.91. The van der Waals surface area contributed by atoms with Crippen LogP contribution in [-0.2, 0) is 22.6 Å². The van der Waals surface area contributed by atoms with Gasteiger partial charge in [0.15, 0.2) is 0 Å². The molecule has 0 aliphatic carbocycles. The maximum atomic E-state index is 14.4. The first kappa shape index (κ1) is 24.2. The van der Waals surface area contributed by atoms with Gasteiger partial charge in [0.05, 0.1) is 29.1 Å². The van der Waals surface area contributed by atoms with Gasteiger partial charge in [0.1, 0.15) is 23.9 Å². The minimum absolute atomic E-state index is 0.0815. The van der Waals surface area contributed by atoms with Crippen molar-refractivity contribution in [2.75, 3.05) is 17.7 Å². The maximum Gasteiger partial charge on any atom is 0.417 e. The van der Waals surface area contributed by atoms with Crippen LogP contribution >= 0.6 is 11.6 Å². The number of hydrogen-bond acceptors (Lipinski definition) is 5. The second-order valence-corrected chi connectivity index (χ2v) is 6.83. The summed E-state index contributed by atoms with van der Waals surface area (Å²) in [7, 11) is 1.36. The van der Waals surface area contributed by atoms with E-state index >= 15 is 0 Å². The van der Waals surface area contributed by atoms with Crippen LogP contribution in [0, 0.1) is 5.82 Å². The van der Waals surface area contributed by atoms with Gasteiger partial charge in [0.25, 0.3) is 0 Å². The van der Waals surface area contributed by atoms with Gasteiger partial charge in [-0.15, -0.1) is 0 Å². The molecule has 0 unspecified atom stereocenters. The number of benzene rings is 2. The molecule has 0 radical (unpaired) electrons. The molecule has 2 amide bonds. The quantitative estimate of drug-likeness (QED) is 0.230. The van der Waals surface area contributed by atoms with E-state index in [9.17, 15) is 22.4 Å². The van der Waals surface area contributed by atoms with Gasteiger partial charge < -0.3 is 15.4 Å². The molecule has 7 nitrogen and oxygen atoms in total. The Kier molecular flexibility index (Phi) is 7.69. The van der Waals surface area contributed by atoms with Crippen molar-refractivity contribution in [3.8, 4) is 11.5 Å². The predicted octanol–water partition coefficient (Wildman–Crippen LogP) is 6.41. The number of alkyl halides is 3. The number of carbonyl (C=O) groups is 1. The Morgan fingerprint density at radius 3 is 2.52 bits per heavy atom. The van der Waals surface area contributed by atoms with Gasteiger partial charge in [-0.25, -0.2) is 19.0 Å². The lowest BCUT2D eigenvalue weighted by molar-refractivity contribution is -0.282. The standard InChI is InChI=1S/C21H16ClF4N3O4/c1-31-32-11-13-8-15(6-7-27-13)33-14-3-5-19(18(23)10-14)29-20(30)28-12-2-4-17(22)16(9-12)21(24,25)26/h2-10H,11H2,1H3,(H2,28,29,30). The summed E-state index contributed by atoms with van der Waals surface area (Å²) < 4.78 is 58.8. The number of ether oxygens (including phenoxy) is 1. The zero-order valence-corrected chi connectivity index (χ0v) is 17.6. The number of anilines is 2. The van der Waals surface area contributed by atoms with Crippen LogP contribution in [0.25, 0.3) is 0 Å². The fourth-order valence-corrected chi connectivity index (χ4v) is 2.84. The van der Waals surface area contributed by atoms with Crippen LogP contribution in [0.3, 0.4) is 0 Å². The molecule has 0 fully saturated rings. The Morgan fingerprint density at radius 1 is 1.06 bits per heavy atom. The largest absolute Gasteiger partial charge is 0.457 e. The molecule has 1 aromatic heterocycles. The lowest BCUT2D eigenvalue weighted by Crippen LogP contribution is -2.20. The summed E-state index contributed by atoms with van der Waals surface area (Å²) in [6, 6.07) is 8.70. The SMILES string of the molecule is COOCc1cc(Oc2ccc(NC(=O)Nc3ccc(Cl)c(C(F)(F)F)c3)c(F)c2)ccn1. The van der Waals surface area contributed by atoms with Gasteiger partial charge in [0, 0.05) is 24.0 Å². The molecule has 174 valence electrons. The van der Waals surface area contributed by atoms with Gasteiger partial charge in [-0.1, -0.05) is 11.6 Å². The third-order valence-electron chi connectivity index (χ3n) is 4.07. The molecule has 33 heavy (non-hydrogen) atoms. The molecule has 0 saturated heterocycles. The van der Waals surface area contributed by atoms with Crippen LogP contribution in [0.1, 0.15) is 11.3 Å². The number of nitrogens with one attached hydrogen (secondary N) is 2. The Balaban J connectivity index is 1.65. The normalized spacial score (nSPS) is 11.2. The molecule has 0 spiro atoms. The van der Waals surface area contributed by atoms with E-state index in [-0.39, 0.29) is 23.7 Å². The number of rotatable bonds is 7. The number of amides is 2. The number of carbonyl (C=O) groups excluding carboxylic acids is 1. The topological polar surface area (TPSA) is 81.7 Å². The van der Waals surface area contributed by atoms with Crippen LogP contribution in [0.15, 0.2) is 54.7 Å². The lowest BCUT2D eigenvalue weighted by atomic mass is 10.2. The first-order valence-electron chi connectivity index (χ1n) is 9.18. The fourth-order valence-electron chi connectivity index (χ4n) is 2.62. The van der Waals surface area contributed by atoms with E-state index in [1.165, 1.54) is 31.5 Å². The number of halogens is 5. The molecule has 0 aliphatic heterocycles. The van der Waals surface area contributed by atoms with Crippen molar-refractivity contribution in [2.45, 2.75) is 12.8 Å². The summed E-state index contributed by atoms with van der Waals surface area (Å²) in [4.78, 5) is 25.5. The van der Waals surface area contributed by atoms with E-state index in [2.05, 4.69) is 20.5 Å². The molecule has 0 saturated carbocycles. The van der Waals surface area contributed by atoms with Crippen molar-refractivity contribution in [3.63, 3.8) is 0 Å². The molecular weight excluding hydrogens is 470 g/mol. The van der Waals surface area contributed by atoms with E-state index in [4.69, 9.17) is 21.2 Å². The van der Waals surface area contributed by atoms with Crippen LogP contribution in [-0.4, -0.2) is 18.1 Å². The molecule has 2 N–H and O–H groups in total. The zero-order chi connectivity index (χ0) is 24.0. The summed E-state index contributed by atoms with van der Waals surface area (Å²) in [5.74, 6) is -0.330. The summed E-state index contributed by atoms with van der Waals surface area (Å²) in [5.41, 5.74) is -0.979. The predicted molar refractivity (Wildman–Crippen MR) is 112 cm³/mol. The average Bonchev–Trinajstić information content (AvgIpc) is 2.75. The van der Waals surface area contributed by atoms with Crippen molar-refractivity contribution in [1.82, 2.24) is 4.98 Å². The van der Waals surface area contributed by atoms with E-state index in [1.54, 1.807) is 12.1 Å². The second kappa shape index (κ2) is 10.5. The lowest BCUT2D eigenvalue weighted by Gasteiger charge is -2.13. The summed E-state index contributed by atoms with van der Waals surface area (Å²) in [6.45, 7) is 0.0815. The summed E-state index contributed by atoms with van der Waals surface area (Å²) >= 11 is 5.55. The van der Waals surface area contributed by atoms with Crippen LogP contribution < -0.4 is 15.4 Å². The van der Waals surface area contributed by atoms with Crippen molar-refractivity contribution < 1.29 is 36.9 Å². The molecule has 0 atom stereocenters. The first-order chi connectivity index (χ1) is 15.7. The third kappa shape index (κ3) is 6.78. The smallest absolute Gasteiger partial charge is 0.417 e. The second-order valence-electron chi connectivity index (χ2n) is 6.43. The molecule has 0 bridgehead atoms. The monoisotopic (exact) mass is 485 g/mol. The average molecular weight is 486 g/mol. The van der Waals surface area contributed by atoms with Gasteiger partial charge in [-0.3, -0.25) is 4.98 Å². The number of hydrogen-bond donors (Lipinski definition) is 2. The van der Waals surface area contributed by atoms with Crippen molar-refractivity contribution in [3.05, 3.63) is 76.8 Å². The van der Waals surface area contributed by atoms with Crippen molar-refractivity contribution in [2.24, 2.45) is 0 Å². The Labute approximate surface area is 190 Å². The third-order valence-corrected chi connectivity index (χ3v) is 4.40. The molecule has 3 aromatic rings. The summed E-state index contributed by atoms with van der Waals surface area (Å²) in [6.07, 6.45) is -3.22. The maximum absolute atomic E-state index is 14.4. The van der Waals surface area contributed by atoms with E-state index < -0.39 is 28.6 Å². The number of urea groups is 1. The number of aromatic nitrogens is 1. The van der Waals surface area contributed by atoms with E-state index in [0.717, 1.165) is 12.1 Å². The number of pyridine rings is 1. The number of nitrogens with zero attached hydrogens (tertiary/aromatic N) is 1. The van der Waals surface area contributed by atoms with Crippen LogP contribution in [0.2, 0.25) is 5.02 Å². The molecule has 0 aliphatic rings. The fraction of sp³-hybridized carbons (Fsp3) is 0.143. The highest BCUT2D eigenvalue weighted by molar-refractivity contribution is 6.31. The molecular formula is C21H16ClF4N3O4.